The van der Waals surface area contributed by atoms with Crippen molar-refractivity contribution >= 4 is 5.91 Å². The molecule has 0 saturated carbocycles. The highest BCUT2D eigenvalue weighted by Gasteiger charge is 2.26. The molecule has 1 fully saturated rings. The minimum absolute atomic E-state index is 0.0410. The van der Waals surface area contributed by atoms with Crippen molar-refractivity contribution < 1.29 is 13.9 Å². The fourth-order valence-corrected chi connectivity index (χ4v) is 3.04. The first-order valence-corrected chi connectivity index (χ1v) is 8.30. The second kappa shape index (κ2) is 7.47. The Kier molecular flexibility index (Phi) is 5.13. The summed E-state index contributed by atoms with van der Waals surface area (Å²) in [5.74, 6) is 1.03. The molecule has 1 amide bonds. The van der Waals surface area contributed by atoms with Crippen molar-refractivity contribution in [1.82, 2.24) is 14.9 Å². The van der Waals surface area contributed by atoms with Gasteiger partial charge in [0.15, 0.2) is 11.6 Å². The van der Waals surface area contributed by atoms with Crippen LogP contribution in [0.3, 0.4) is 0 Å². The first kappa shape index (κ1) is 16.5. The normalized spacial score (nSPS) is 17.8. The second-order valence-corrected chi connectivity index (χ2v) is 6.16. The molecule has 0 unspecified atom stereocenters. The molecule has 1 aromatic heterocycles. The largest absolute Gasteiger partial charge is 0.490 e. The molecule has 2 heterocycles. The Balaban J connectivity index is 1.50. The third-order valence-corrected chi connectivity index (χ3v) is 4.29. The number of carbonyl (C=O) groups is 1. The van der Waals surface area contributed by atoms with Gasteiger partial charge < -0.3 is 14.6 Å². The molecule has 3 rings (SSSR count). The van der Waals surface area contributed by atoms with Crippen molar-refractivity contribution in [3.8, 4) is 5.75 Å². The standard InChI is InChI=1S/C18H22FN3O2/c1-13-11-20-18(21-13)14-5-4-9-22(12-14)17(23)8-10-24-16-7-3-2-6-15(16)19/h2-3,6-7,11,14H,4-5,8-10,12H2,1H3,(H,20,21)/t14-/m1/s1. The van der Waals surface area contributed by atoms with Gasteiger partial charge in [-0.1, -0.05) is 12.1 Å². The molecular weight excluding hydrogens is 309 g/mol. The number of hydrogen-bond acceptors (Lipinski definition) is 3. The maximum absolute atomic E-state index is 13.5. The number of piperidine rings is 1. The zero-order valence-corrected chi connectivity index (χ0v) is 13.8. The van der Waals surface area contributed by atoms with Crippen LogP contribution < -0.4 is 4.74 Å². The highest BCUT2D eigenvalue weighted by Crippen LogP contribution is 2.25. The molecule has 128 valence electrons. The molecule has 1 aliphatic heterocycles. The van der Waals surface area contributed by atoms with Crippen LogP contribution in [0.15, 0.2) is 30.5 Å². The number of para-hydroxylation sites is 1. The SMILES string of the molecule is Cc1cnc([C@@H]2CCCN(C(=O)CCOc3ccccc3F)C2)[nH]1. The number of amides is 1. The lowest BCUT2D eigenvalue weighted by molar-refractivity contribution is -0.133. The van der Waals surface area contributed by atoms with Gasteiger partial charge in [0.05, 0.1) is 13.0 Å². The topological polar surface area (TPSA) is 58.2 Å². The maximum atomic E-state index is 13.5. The summed E-state index contributed by atoms with van der Waals surface area (Å²) in [6.45, 7) is 3.59. The average molecular weight is 331 g/mol. The molecule has 0 radical (unpaired) electrons. The Morgan fingerprint density at radius 3 is 3.04 bits per heavy atom. The molecular formula is C18H22FN3O2. The minimum Gasteiger partial charge on any atom is -0.490 e. The zero-order chi connectivity index (χ0) is 16.9. The van der Waals surface area contributed by atoms with E-state index in [-0.39, 0.29) is 30.6 Å². The van der Waals surface area contributed by atoms with Gasteiger partial charge >= 0.3 is 0 Å². The number of nitrogens with one attached hydrogen (secondary N) is 1. The van der Waals surface area contributed by atoms with Crippen molar-refractivity contribution in [2.45, 2.75) is 32.1 Å². The molecule has 0 aliphatic carbocycles. The number of H-pyrrole nitrogens is 1. The monoisotopic (exact) mass is 331 g/mol. The predicted octanol–water partition coefficient (Wildman–Crippen LogP) is 3.03. The number of nitrogens with zero attached hydrogens (tertiary/aromatic N) is 2. The molecule has 1 saturated heterocycles. The number of imidazole rings is 1. The summed E-state index contributed by atoms with van der Waals surface area (Å²) in [5.41, 5.74) is 1.03. The molecule has 0 bridgehead atoms. The van der Waals surface area contributed by atoms with Gasteiger partial charge in [0.1, 0.15) is 5.82 Å². The van der Waals surface area contributed by atoms with Gasteiger partial charge in [-0.05, 0) is 31.9 Å². The molecule has 1 N–H and O–H groups in total. The number of carbonyl (C=O) groups excluding carboxylic acids is 1. The summed E-state index contributed by atoms with van der Waals surface area (Å²) in [6.07, 6.45) is 4.06. The second-order valence-electron chi connectivity index (χ2n) is 6.16. The zero-order valence-electron chi connectivity index (χ0n) is 13.8. The van der Waals surface area contributed by atoms with Gasteiger partial charge in [0.25, 0.3) is 0 Å². The minimum atomic E-state index is -0.406. The van der Waals surface area contributed by atoms with Crippen LogP contribution >= 0.6 is 0 Å². The van der Waals surface area contributed by atoms with Crippen LogP contribution in [0.5, 0.6) is 5.75 Å². The number of likely N-dealkylation sites (tertiary alicyclic amines) is 1. The van der Waals surface area contributed by atoms with Crippen molar-refractivity contribution in [3.05, 3.63) is 47.8 Å². The lowest BCUT2D eigenvalue weighted by Crippen LogP contribution is -2.39. The first-order chi connectivity index (χ1) is 11.6. The van der Waals surface area contributed by atoms with Crippen LogP contribution in [0.2, 0.25) is 0 Å². The summed E-state index contributed by atoms with van der Waals surface area (Å²) < 4.78 is 18.9. The first-order valence-electron chi connectivity index (χ1n) is 8.30. The third-order valence-electron chi connectivity index (χ3n) is 4.29. The average Bonchev–Trinajstić information content (AvgIpc) is 3.03. The van der Waals surface area contributed by atoms with Crippen LogP contribution in [-0.2, 0) is 4.79 Å². The highest BCUT2D eigenvalue weighted by atomic mass is 19.1. The fraction of sp³-hybridized carbons (Fsp3) is 0.444. The number of rotatable bonds is 5. The number of ether oxygens (including phenoxy) is 1. The Morgan fingerprint density at radius 2 is 2.29 bits per heavy atom. The van der Waals surface area contributed by atoms with Crippen molar-refractivity contribution in [3.63, 3.8) is 0 Å². The van der Waals surface area contributed by atoms with Crippen molar-refractivity contribution in [2.24, 2.45) is 0 Å². The van der Waals surface area contributed by atoms with Crippen LogP contribution in [0.4, 0.5) is 4.39 Å². The van der Waals surface area contributed by atoms with E-state index in [1.54, 1.807) is 18.2 Å². The van der Waals surface area contributed by atoms with Crippen LogP contribution in [-0.4, -0.2) is 40.5 Å². The summed E-state index contributed by atoms with van der Waals surface area (Å²) in [6, 6.07) is 6.23. The van der Waals surface area contributed by atoms with E-state index in [4.69, 9.17) is 4.74 Å². The fourth-order valence-electron chi connectivity index (χ4n) is 3.04. The van der Waals surface area contributed by atoms with Crippen molar-refractivity contribution in [2.75, 3.05) is 19.7 Å². The van der Waals surface area contributed by atoms with E-state index in [0.29, 0.717) is 6.54 Å². The van der Waals surface area contributed by atoms with E-state index in [2.05, 4.69) is 9.97 Å². The molecule has 6 heteroatoms. The van der Waals surface area contributed by atoms with E-state index in [1.165, 1.54) is 6.07 Å². The van der Waals surface area contributed by atoms with Crippen LogP contribution in [0.1, 0.15) is 36.7 Å². The van der Waals surface area contributed by atoms with Crippen molar-refractivity contribution in [1.29, 1.82) is 0 Å². The number of benzene rings is 1. The summed E-state index contributed by atoms with van der Waals surface area (Å²) in [5, 5.41) is 0. The summed E-state index contributed by atoms with van der Waals surface area (Å²) >= 11 is 0. The number of hydrogen-bond donors (Lipinski definition) is 1. The van der Waals surface area contributed by atoms with Gasteiger partial charge in [-0.25, -0.2) is 9.37 Å². The Bertz CT molecular complexity index is 701. The molecule has 0 spiro atoms. The lowest BCUT2D eigenvalue weighted by Gasteiger charge is -2.32. The number of aromatic amines is 1. The molecule has 1 aliphatic rings. The van der Waals surface area contributed by atoms with E-state index < -0.39 is 5.82 Å². The maximum Gasteiger partial charge on any atom is 0.226 e. The molecule has 1 aromatic carbocycles. The number of aryl methyl sites for hydroxylation is 1. The van der Waals surface area contributed by atoms with Gasteiger partial charge in [0, 0.05) is 30.9 Å². The van der Waals surface area contributed by atoms with E-state index in [9.17, 15) is 9.18 Å². The third kappa shape index (κ3) is 3.93. The number of aromatic nitrogens is 2. The molecule has 1 atom stereocenters. The van der Waals surface area contributed by atoms with Gasteiger partial charge in [-0.3, -0.25) is 4.79 Å². The van der Waals surface area contributed by atoms with Crippen LogP contribution in [0.25, 0.3) is 0 Å². The summed E-state index contributed by atoms with van der Waals surface area (Å²) in [4.78, 5) is 21.9. The Hall–Kier alpha value is -2.37. The quantitative estimate of drug-likeness (QED) is 0.916. The predicted molar refractivity (Wildman–Crippen MR) is 88.4 cm³/mol. The summed E-state index contributed by atoms with van der Waals surface area (Å²) in [7, 11) is 0. The van der Waals surface area contributed by atoms with Gasteiger partial charge in [0.2, 0.25) is 5.91 Å². The van der Waals surface area contributed by atoms with E-state index >= 15 is 0 Å². The van der Waals surface area contributed by atoms with Gasteiger partial charge in [-0.15, -0.1) is 0 Å². The van der Waals surface area contributed by atoms with E-state index in [0.717, 1.165) is 30.9 Å². The lowest BCUT2D eigenvalue weighted by atomic mass is 9.97. The van der Waals surface area contributed by atoms with Gasteiger partial charge in [-0.2, -0.15) is 0 Å². The molecule has 2 aromatic rings. The molecule has 24 heavy (non-hydrogen) atoms. The number of halogens is 1. The Labute approximate surface area is 140 Å². The smallest absolute Gasteiger partial charge is 0.226 e. The Morgan fingerprint density at radius 1 is 1.46 bits per heavy atom. The molecule has 5 nitrogen and oxygen atoms in total. The van der Waals surface area contributed by atoms with E-state index in [1.807, 2.05) is 18.0 Å². The van der Waals surface area contributed by atoms with Crippen LogP contribution in [0, 0.1) is 12.7 Å². The highest BCUT2D eigenvalue weighted by molar-refractivity contribution is 5.76.